The molecule has 0 bridgehead atoms. The van der Waals surface area contributed by atoms with E-state index in [1.54, 1.807) is 7.05 Å². The molecule has 6 heteroatoms. The first kappa shape index (κ1) is 7.78. The molecular formula is C7H9N3O3. The van der Waals surface area contributed by atoms with Crippen LogP contribution in [-0.2, 0) is 0 Å². The van der Waals surface area contributed by atoms with Gasteiger partial charge in [-0.15, -0.1) is 0 Å². The molecule has 6 nitrogen and oxygen atoms in total. The molecular weight excluding hydrogens is 174 g/mol. The van der Waals surface area contributed by atoms with Crippen LogP contribution < -0.4 is 11.0 Å². The molecule has 0 fully saturated rings. The number of hydrogen-bond acceptors (Lipinski definition) is 5. The molecule has 0 amide bonds. The van der Waals surface area contributed by atoms with Gasteiger partial charge in [0.05, 0.1) is 0 Å². The highest BCUT2D eigenvalue weighted by Gasteiger charge is 2.14. The Bertz CT molecular complexity index is 491. The molecule has 0 aliphatic carbocycles. The number of rotatable bonds is 1. The highest BCUT2D eigenvalue weighted by Crippen LogP contribution is 2.23. The third kappa shape index (κ3) is 0.915. The van der Waals surface area contributed by atoms with Crippen LogP contribution in [0.4, 0.5) is 5.69 Å². The minimum absolute atomic E-state index is 0.103. The molecule has 70 valence electrons. The van der Waals surface area contributed by atoms with E-state index in [0.717, 1.165) is 4.73 Å². The Morgan fingerprint density at radius 1 is 1.62 bits per heavy atom. The maximum Gasteiger partial charge on any atom is 0.334 e. The topological polar surface area (TPSA) is 75.8 Å². The minimum atomic E-state index is 0.103. The van der Waals surface area contributed by atoms with Crippen molar-refractivity contribution in [1.29, 1.82) is 0 Å². The Morgan fingerprint density at radius 2 is 2.38 bits per heavy atom. The molecule has 0 aliphatic rings. The molecule has 2 N–H and O–H groups in total. The van der Waals surface area contributed by atoms with Crippen molar-refractivity contribution < 1.29 is 14.0 Å². The Morgan fingerprint density at radius 3 is 3.00 bits per heavy atom. The quantitative estimate of drug-likeness (QED) is 0.636. The second-order valence-electron chi connectivity index (χ2n) is 2.45. The van der Waals surface area contributed by atoms with Gasteiger partial charge in [-0.1, -0.05) is 4.73 Å². The average molecular weight is 183 g/mol. The van der Waals surface area contributed by atoms with Gasteiger partial charge in [0.1, 0.15) is 12.0 Å². The van der Waals surface area contributed by atoms with Gasteiger partial charge in [-0.05, 0) is 0 Å². The van der Waals surface area contributed by atoms with Crippen LogP contribution in [-0.4, -0.2) is 24.0 Å². The van der Waals surface area contributed by atoms with Gasteiger partial charge in [-0.3, -0.25) is 0 Å². The number of furan rings is 1. The zero-order valence-electron chi connectivity index (χ0n) is 7.24. The van der Waals surface area contributed by atoms with Crippen molar-refractivity contribution in [3.8, 4) is 0 Å². The van der Waals surface area contributed by atoms with Crippen molar-refractivity contribution in [2.45, 2.75) is 0 Å². The van der Waals surface area contributed by atoms with Crippen molar-refractivity contribution in [3.05, 3.63) is 11.9 Å². The van der Waals surface area contributed by atoms with Crippen LogP contribution >= 0.6 is 0 Å². The van der Waals surface area contributed by atoms with Gasteiger partial charge < -0.3 is 19.4 Å². The van der Waals surface area contributed by atoms with E-state index in [4.69, 9.17) is 8.83 Å². The van der Waals surface area contributed by atoms with E-state index in [9.17, 15) is 5.21 Å². The van der Waals surface area contributed by atoms with Crippen LogP contribution in [0.5, 0.6) is 0 Å². The van der Waals surface area contributed by atoms with Gasteiger partial charge in [0.25, 0.3) is 5.71 Å². The fraction of sp³-hybridized carbons (Fsp3) is 0.286. The fourth-order valence-corrected chi connectivity index (χ4v) is 1.12. The maximum atomic E-state index is 9.41. The van der Waals surface area contributed by atoms with E-state index >= 15 is 0 Å². The molecule has 0 aromatic carbocycles. The summed E-state index contributed by atoms with van der Waals surface area (Å²) in [6.07, 6.45) is 1.46. The molecule has 2 aromatic heterocycles. The number of hydrogen-bond donors (Lipinski definition) is 2. The molecule has 0 unspecified atom stereocenters. The van der Waals surface area contributed by atoms with Crippen LogP contribution in [0.15, 0.2) is 20.1 Å². The van der Waals surface area contributed by atoms with Crippen LogP contribution in [0.2, 0.25) is 0 Å². The standard InChI is InChI=1S/C7H9N3O3/c1-8-4-3-12-6-5(4)13-7(9-2)10(6)11/h3,8,11H,1-2H3. The number of anilines is 1. The first-order valence-electron chi connectivity index (χ1n) is 3.70. The van der Waals surface area contributed by atoms with Crippen LogP contribution in [0.25, 0.3) is 11.3 Å². The van der Waals surface area contributed by atoms with E-state index in [-0.39, 0.29) is 11.4 Å². The minimum Gasteiger partial charge on any atom is -0.441 e. The van der Waals surface area contributed by atoms with Gasteiger partial charge in [-0.25, -0.2) is 4.99 Å². The van der Waals surface area contributed by atoms with Crippen LogP contribution in [0, 0.1) is 0 Å². The summed E-state index contributed by atoms with van der Waals surface area (Å²) in [5, 5.41) is 12.3. The lowest BCUT2D eigenvalue weighted by Gasteiger charge is -1.87. The lowest BCUT2D eigenvalue weighted by atomic mass is 10.5. The van der Waals surface area contributed by atoms with Crippen molar-refractivity contribution in [1.82, 2.24) is 4.73 Å². The van der Waals surface area contributed by atoms with Gasteiger partial charge >= 0.3 is 5.68 Å². The van der Waals surface area contributed by atoms with Crippen molar-refractivity contribution >= 4 is 17.0 Å². The summed E-state index contributed by atoms with van der Waals surface area (Å²) >= 11 is 0. The Labute approximate surface area is 73.1 Å². The fourth-order valence-electron chi connectivity index (χ4n) is 1.12. The number of nitrogens with one attached hydrogen (secondary N) is 1. The third-order valence-corrected chi connectivity index (χ3v) is 1.75. The number of oxazole rings is 1. The van der Waals surface area contributed by atoms with Crippen molar-refractivity contribution in [2.75, 3.05) is 19.4 Å². The molecule has 2 rings (SSSR count). The smallest absolute Gasteiger partial charge is 0.334 e. The van der Waals surface area contributed by atoms with E-state index in [0.29, 0.717) is 11.3 Å². The number of nitrogens with zero attached hydrogens (tertiary/aromatic N) is 2. The first-order chi connectivity index (χ1) is 6.27. The molecule has 0 atom stereocenters. The van der Waals surface area contributed by atoms with Crippen LogP contribution in [0.3, 0.4) is 0 Å². The first-order valence-corrected chi connectivity index (χ1v) is 3.70. The number of aromatic nitrogens is 1. The Balaban J connectivity index is 2.86. The van der Waals surface area contributed by atoms with Gasteiger partial charge in [0.2, 0.25) is 5.58 Å². The predicted molar refractivity (Wildman–Crippen MR) is 44.7 cm³/mol. The second kappa shape index (κ2) is 2.58. The molecule has 0 aliphatic heterocycles. The summed E-state index contributed by atoms with van der Waals surface area (Å²) < 4.78 is 11.0. The molecule has 13 heavy (non-hydrogen) atoms. The van der Waals surface area contributed by atoms with Crippen molar-refractivity contribution in [3.63, 3.8) is 0 Å². The van der Waals surface area contributed by atoms with Crippen molar-refractivity contribution in [2.24, 2.45) is 4.99 Å². The predicted octanol–water partition coefficient (Wildman–Crippen LogP) is 0.637. The van der Waals surface area contributed by atoms with E-state index in [2.05, 4.69) is 10.3 Å². The van der Waals surface area contributed by atoms with Gasteiger partial charge in [0, 0.05) is 14.1 Å². The van der Waals surface area contributed by atoms with Gasteiger partial charge in [-0.2, -0.15) is 0 Å². The molecule has 0 spiro atoms. The number of fused-ring (bicyclic) bond motifs is 1. The molecule has 2 aromatic rings. The summed E-state index contributed by atoms with van der Waals surface area (Å²) in [6.45, 7) is 0. The summed E-state index contributed by atoms with van der Waals surface area (Å²) in [5.41, 5.74) is 1.47. The lowest BCUT2D eigenvalue weighted by Crippen LogP contribution is -2.12. The lowest BCUT2D eigenvalue weighted by molar-refractivity contribution is 0.158. The Kier molecular flexibility index (Phi) is 1.54. The molecule has 0 saturated carbocycles. The average Bonchev–Trinajstić information content (AvgIpc) is 2.66. The van der Waals surface area contributed by atoms with E-state index in [1.165, 1.54) is 13.3 Å². The summed E-state index contributed by atoms with van der Waals surface area (Å²) in [4.78, 5) is 3.71. The summed E-state index contributed by atoms with van der Waals surface area (Å²) in [5.74, 6) is 0. The van der Waals surface area contributed by atoms with E-state index < -0.39 is 0 Å². The monoisotopic (exact) mass is 183 g/mol. The summed E-state index contributed by atoms with van der Waals surface area (Å²) in [6, 6.07) is 0. The van der Waals surface area contributed by atoms with Gasteiger partial charge in [0.15, 0.2) is 0 Å². The summed E-state index contributed by atoms with van der Waals surface area (Å²) in [7, 11) is 3.25. The molecule has 0 radical (unpaired) electrons. The molecule has 0 saturated heterocycles. The zero-order chi connectivity index (χ0) is 9.42. The molecule has 2 heterocycles. The van der Waals surface area contributed by atoms with E-state index in [1.807, 2.05) is 0 Å². The highest BCUT2D eigenvalue weighted by atomic mass is 16.5. The Hall–Kier alpha value is -1.85. The zero-order valence-corrected chi connectivity index (χ0v) is 7.24. The normalized spacial score (nSPS) is 12.6. The largest absolute Gasteiger partial charge is 0.441 e. The second-order valence-corrected chi connectivity index (χ2v) is 2.45. The maximum absolute atomic E-state index is 9.41. The SMILES string of the molecule is CN=c1oc2c(NC)coc2n1O. The highest BCUT2D eigenvalue weighted by molar-refractivity contribution is 5.82. The third-order valence-electron chi connectivity index (χ3n) is 1.75. The van der Waals surface area contributed by atoms with Crippen LogP contribution in [0.1, 0.15) is 0 Å².